The van der Waals surface area contributed by atoms with Crippen LogP contribution in [0.2, 0.25) is 0 Å². The number of nitrogens with one attached hydrogen (secondary N) is 2. The number of benzene rings is 1. The first-order valence-electron chi connectivity index (χ1n) is 8.60. The van der Waals surface area contributed by atoms with Crippen molar-refractivity contribution in [2.45, 2.75) is 19.3 Å². The van der Waals surface area contributed by atoms with Gasteiger partial charge in [-0.2, -0.15) is 0 Å². The van der Waals surface area contributed by atoms with Crippen LogP contribution >= 0.6 is 0 Å². The van der Waals surface area contributed by atoms with Gasteiger partial charge in [0.25, 0.3) is 5.91 Å². The van der Waals surface area contributed by atoms with E-state index in [1.807, 2.05) is 23.1 Å². The maximum atomic E-state index is 12.2. The summed E-state index contributed by atoms with van der Waals surface area (Å²) in [5.41, 5.74) is 0.392. The number of ether oxygens (including phenoxy) is 1. The fraction of sp³-hybridized carbons (Fsp3) is 0.556. The normalized spacial score (nSPS) is 19.2. The predicted octanol–water partition coefficient (Wildman–Crippen LogP) is 0.784. The first-order chi connectivity index (χ1) is 11.7. The standard InChI is InChI=1S/C18H25N3O3/c22-16(13-24-15-4-2-1-3-5-15)20-12-17(23)21-10-7-18(8-11-21)6-9-19-14-18/h1-5,19H,6-14H2,(H,20,22). The van der Waals surface area contributed by atoms with Gasteiger partial charge in [-0.15, -0.1) is 0 Å². The Morgan fingerprint density at radius 2 is 1.92 bits per heavy atom. The molecule has 0 atom stereocenters. The molecule has 2 heterocycles. The van der Waals surface area contributed by atoms with Gasteiger partial charge < -0.3 is 20.3 Å². The number of amides is 2. The number of likely N-dealkylation sites (tertiary alicyclic amines) is 1. The minimum atomic E-state index is -0.277. The molecule has 1 aromatic carbocycles. The van der Waals surface area contributed by atoms with Gasteiger partial charge in [0.05, 0.1) is 6.54 Å². The second-order valence-corrected chi connectivity index (χ2v) is 6.69. The first kappa shape index (κ1) is 16.8. The number of piperidine rings is 1. The number of rotatable bonds is 5. The summed E-state index contributed by atoms with van der Waals surface area (Å²) >= 11 is 0. The van der Waals surface area contributed by atoms with E-state index in [9.17, 15) is 9.59 Å². The van der Waals surface area contributed by atoms with Gasteiger partial charge in [0.15, 0.2) is 6.61 Å². The molecule has 130 valence electrons. The molecule has 2 amide bonds. The molecule has 2 aliphatic heterocycles. The van der Waals surface area contributed by atoms with Crippen LogP contribution < -0.4 is 15.4 Å². The molecule has 1 spiro atoms. The lowest BCUT2D eigenvalue weighted by molar-refractivity contribution is -0.135. The predicted molar refractivity (Wildman–Crippen MR) is 90.7 cm³/mol. The summed E-state index contributed by atoms with van der Waals surface area (Å²) in [5, 5.41) is 6.06. The highest BCUT2D eigenvalue weighted by atomic mass is 16.5. The van der Waals surface area contributed by atoms with Gasteiger partial charge in [-0.25, -0.2) is 0 Å². The van der Waals surface area contributed by atoms with Crippen LogP contribution in [0.15, 0.2) is 30.3 Å². The topological polar surface area (TPSA) is 70.7 Å². The van der Waals surface area contributed by atoms with E-state index in [-0.39, 0.29) is 25.0 Å². The molecule has 0 bridgehead atoms. The maximum Gasteiger partial charge on any atom is 0.258 e. The van der Waals surface area contributed by atoms with Crippen LogP contribution in [0.25, 0.3) is 0 Å². The fourth-order valence-electron chi connectivity index (χ4n) is 3.46. The van der Waals surface area contributed by atoms with E-state index in [0.717, 1.165) is 39.0 Å². The molecule has 0 aliphatic carbocycles. The van der Waals surface area contributed by atoms with Crippen molar-refractivity contribution in [2.75, 3.05) is 39.3 Å². The van der Waals surface area contributed by atoms with E-state index in [1.54, 1.807) is 12.1 Å². The average molecular weight is 331 g/mol. The Morgan fingerprint density at radius 3 is 2.58 bits per heavy atom. The summed E-state index contributed by atoms with van der Waals surface area (Å²) in [6.07, 6.45) is 3.32. The molecule has 2 N–H and O–H groups in total. The molecule has 1 aromatic rings. The first-order valence-corrected chi connectivity index (χ1v) is 8.60. The SMILES string of the molecule is O=C(COc1ccccc1)NCC(=O)N1CCC2(CCNC2)CC1. The third kappa shape index (κ3) is 4.26. The molecule has 6 nitrogen and oxygen atoms in total. The van der Waals surface area contributed by atoms with E-state index in [4.69, 9.17) is 4.74 Å². The second kappa shape index (κ2) is 7.66. The number of carbonyl (C=O) groups is 2. The quantitative estimate of drug-likeness (QED) is 0.837. The second-order valence-electron chi connectivity index (χ2n) is 6.69. The monoisotopic (exact) mass is 331 g/mol. The molecule has 0 unspecified atom stereocenters. The van der Waals surface area contributed by atoms with Crippen LogP contribution in [0.5, 0.6) is 5.75 Å². The van der Waals surface area contributed by atoms with Gasteiger partial charge in [0.2, 0.25) is 5.91 Å². The lowest BCUT2D eigenvalue weighted by Gasteiger charge is -2.38. The molecular weight excluding hydrogens is 306 g/mol. The van der Waals surface area contributed by atoms with Crippen molar-refractivity contribution < 1.29 is 14.3 Å². The number of carbonyl (C=O) groups excluding carboxylic acids is 2. The summed E-state index contributed by atoms with van der Waals surface area (Å²) < 4.78 is 5.37. The van der Waals surface area contributed by atoms with Gasteiger partial charge in [0.1, 0.15) is 5.75 Å². The molecule has 3 rings (SSSR count). The Hall–Kier alpha value is -2.08. The summed E-state index contributed by atoms with van der Waals surface area (Å²) in [7, 11) is 0. The molecule has 24 heavy (non-hydrogen) atoms. The van der Waals surface area contributed by atoms with Crippen molar-refractivity contribution in [3.63, 3.8) is 0 Å². The average Bonchev–Trinajstić information content (AvgIpc) is 3.07. The minimum Gasteiger partial charge on any atom is -0.484 e. The number of para-hydroxylation sites is 1. The Bertz CT molecular complexity index is 560. The van der Waals surface area contributed by atoms with Gasteiger partial charge in [-0.1, -0.05) is 18.2 Å². The summed E-state index contributed by atoms with van der Waals surface area (Å²) in [6.45, 7) is 3.70. The van der Waals surface area contributed by atoms with Crippen LogP contribution in [0, 0.1) is 5.41 Å². The Morgan fingerprint density at radius 1 is 1.17 bits per heavy atom. The van der Waals surface area contributed by atoms with E-state index in [1.165, 1.54) is 6.42 Å². The summed E-state index contributed by atoms with van der Waals surface area (Å²) in [6, 6.07) is 9.16. The Balaban J connectivity index is 1.35. The largest absolute Gasteiger partial charge is 0.484 e. The number of hydrogen-bond acceptors (Lipinski definition) is 4. The molecular formula is C18H25N3O3. The van der Waals surface area contributed by atoms with Crippen molar-refractivity contribution in [3.05, 3.63) is 30.3 Å². The van der Waals surface area contributed by atoms with E-state index in [2.05, 4.69) is 10.6 Å². The Labute approximate surface area is 142 Å². The summed E-state index contributed by atoms with van der Waals surface area (Å²) in [5.74, 6) is 0.357. The van der Waals surface area contributed by atoms with Crippen molar-refractivity contribution in [1.29, 1.82) is 0 Å². The number of nitrogens with zero attached hydrogens (tertiary/aromatic N) is 1. The zero-order chi connectivity index (χ0) is 16.8. The van der Waals surface area contributed by atoms with Crippen molar-refractivity contribution >= 4 is 11.8 Å². The van der Waals surface area contributed by atoms with Crippen LogP contribution in [0.3, 0.4) is 0 Å². The van der Waals surface area contributed by atoms with Gasteiger partial charge in [-0.05, 0) is 43.4 Å². The maximum absolute atomic E-state index is 12.2. The van der Waals surface area contributed by atoms with Crippen LogP contribution in [-0.4, -0.2) is 56.0 Å². The molecule has 2 aliphatic rings. The molecule has 0 saturated carbocycles. The lowest BCUT2D eigenvalue weighted by Crippen LogP contribution is -2.47. The van der Waals surface area contributed by atoms with E-state index < -0.39 is 0 Å². The van der Waals surface area contributed by atoms with Crippen molar-refractivity contribution in [3.8, 4) is 5.75 Å². The zero-order valence-electron chi connectivity index (χ0n) is 13.9. The molecule has 2 fully saturated rings. The molecule has 0 aromatic heterocycles. The van der Waals surface area contributed by atoms with Gasteiger partial charge >= 0.3 is 0 Å². The van der Waals surface area contributed by atoms with Crippen molar-refractivity contribution in [1.82, 2.24) is 15.5 Å². The zero-order valence-corrected chi connectivity index (χ0v) is 13.9. The van der Waals surface area contributed by atoms with E-state index in [0.29, 0.717) is 11.2 Å². The third-order valence-corrected chi connectivity index (χ3v) is 5.06. The van der Waals surface area contributed by atoms with Crippen LogP contribution in [0.4, 0.5) is 0 Å². The summed E-state index contributed by atoms with van der Waals surface area (Å²) in [4.78, 5) is 25.9. The highest BCUT2D eigenvalue weighted by Crippen LogP contribution is 2.36. The minimum absolute atomic E-state index is 0.0103. The number of hydrogen-bond donors (Lipinski definition) is 2. The highest BCUT2D eigenvalue weighted by Gasteiger charge is 2.37. The molecule has 6 heteroatoms. The molecule has 2 saturated heterocycles. The fourth-order valence-corrected chi connectivity index (χ4v) is 3.46. The smallest absolute Gasteiger partial charge is 0.258 e. The van der Waals surface area contributed by atoms with E-state index >= 15 is 0 Å². The van der Waals surface area contributed by atoms with Gasteiger partial charge in [0, 0.05) is 19.6 Å². The highest BCUT2D eigenvalue weighted by molar-refractivity contribution is 5.85. The molecule has 0 radical (unpaired) electrons. The van der Waals surface area contributed by atoms with Crippen LogP contribution in [0.1, 0.15) is 19.3 Å². The van der Waals surface area contributed by atoms with Crippen LogP contribution in [-0.2, 0) is 9.59 Å². The lowest BCUT2D eigenvalue weighted by atomic mass is 9.78. The Kier molecular flexibility index (Phi) is 5.35. The van der Waals surface area contributed by atoms with Gasteiger partial charge in [-0.3, -0.25) is 9.59 Å². The third-order valence-electron chi connectivity index (χ3n) is 5.06. The van der Waals surface area contributed by atoms with Crippen molar-refractivity contribution in [2.24, 2.45) is 5.41 Å².